The van der Waals surface area contributed by atoms with Gasteiger partial charge in [0.25, 0.3) is 0 Å². The number of rotatable bonds is 2. The number of carbonyl (C=O) groups excluding carboxylic acids is 2. The SMILES string of the molecule is CC1(C)OC(=O)[C@@H](O)[C@@H]1O[C@H]1CC[C@@]2(C)[C@H](CC[C@H]3Cc4c([nH]c5ccccc45)[C@@]32C)C1=O. The van der Waals surface area contributed by atoms with Crippen LogP contribution in [-0.2, 0) is 30.9 Å². The molecule has 1 saturated heterocycles. The Labute approximate surface area is 194 Å². The van der Waals surface area contributed by atoms with Gasteiger partial charge in [-0.05, 0) is 68.9 Å². The van der Waals surface area contributed by atoms with Gasteiger partial charge in [-0.2, -0.15) is 0 Å². The van der Waals surface area contributed by atoms with E-state index < -0.39 is 29.9 Å². The Morgan fingerprint density at radius 1 is 1.09 bits per heavy atom. The summed E-state index contributed by atoms with van der Waals surface area (Å²) in [5.41, 5.74) is 2.70. The fourth-order valence-electron chi connectivity index (χ4n) is 7.82. The molecule has 0 amide bonds. The van der Waals surface area contributed by atoms with Crippen LogP contribution in [-0.4, -0.2) is 45.8 Å². The third-order valence-corrected chi connectivity index (χ3v) is 9.83. The van der Waals surface area contributed by atoms with Crippen molar-refractivity contribution in [1.82, 2.24) is 4.98 Å². The Balaban J connectivity index is 1.33. The molecular weight excluding hydrogens is 418 g/mol. The van der Waals surface area contributed by atoms with Crippen LogP contribution >= 0.6 is 0 Å². The fraction of sp³-hybridized carbons (Fsp3) is 0.630. The van der Waals surface area contributed by atoms with Crippen LogP contribution in [0.3, 0.4) is 0 Å². The minimum Gasteiger partial charge on any atom is -0.455 e. The average Bonchev–Trinajstić information content (AvgIpc) is 3.33. The lowest BCUT2D eigenvalue weighted by atomic mass is 9.45. The average molecular weight is 452 g/mol. The lowest BCUT2D eigenvalue weighted by molar-refractivity contribution is -0.172. The maximum atomic E-state index is 13.8. The van der Waals surface area contributed by atoms with Crippen LogP contribution in [0.4, 0.5) is 0 Å². The van der Waals surface area contributed by atoms with Crippen molar-refractivity contribution in [2.45, 2.75) is 89.1 Å². The number of aromatic nitrogens is 1. The number of ketones is 1. The zero-order valence-electron chi connectivity index (χ0n) is 19.8. The quantitative estimate of drug-likeness (QED) is 0.678. The number of nitrogens with one attached hydrogen (secondary N) is 1. The summed E-state index contributed by atoms with van der Waals surface area (Å²) in [5, 5.41) is 11.6. The number of esters is 1. The summed E-state index contributed by atoms with van der Waals surface area (Å²) in [5.74, 6) is -0.136. The van der Waals surface area contributed by atoms with E-state index in [1.54, 1.807) is 13.8 Å². The molecule has 1 aliphatic heterocycles. The van der Waals surface area contributed by atoms with E-state index in [1.807, 2.05) is 0 Å². The van der Waals surface area contributed by atoms with E-state index in [9.17, 15) is 14.7 Å². The number of cyclic esters (lactones) is 1. The van der Waals surface area contributed by atoms with Crippen LogP contribution in [0.1, 0.15) is 64.6 Å². The molecule has 2 heterocycles. The van der Waals surface area contributed by atoms with Crippen molar-refractivity contribution in [3.63, 3.8) is 0 Å². The van der Waals surface area contributed by atoms with E-state index in [0.29, 0.717) is 12.3 Å². The van der Waals surface area contributed by atoms with Gasteiger partial charge in [-0.15, -0.1) is 0 Å². The molecule has 4 aliphatic rings. The van der Waals surface area contributed by atoms with Crippen LogP contribution in [0.2, 0.25) is 0 Å². The molecule has 0 spiro atoms. The molecule has 6 rings (SSSR count). The monoisotopic (exact) mass is 451 g/mol. The molecule has 7 atom stereocenters. The summed E-state index contributed by atoms with van der Waals surface area (Å²) in [4.78, 5) is 29.5. The van der Waals surface area contributed by atoms with Gasteiger partial charge in [0.1, 0.15) is 17.8 Å². The number of fused-ring (bicyclic) bond motifs is 7. The first-order chi connectivity index (χ1) is 15.6. The lowest BCUT2D eigenvalue weighted by Crippen LogP contribution is -2.60. The predicted molar refractivity (Wildman–Crippen MR) is 123 cm³/mol. The highest BCUT2D eigenvalue weighted by Gasteiger charge is 2.65. The van der Waals surface area contributed by atoms with Gasteiger partial charge in [0, 0.05) is 27.9 Å². The number of hydrogen-bond acceptors (Lipinski definition) is 5. The lowest BCUT2D eigenvalue weighted by Gasteiger charge is -2.58. The van der Waals surface area contributed by atoms with E-state index >= 15 is 0 Å². The van der Waals surface area contributed by atoms with Crippen LogP contribution in [0.5, 0.6) is 0 Å². The van der Waals surface area contributed by atoms with Gasteiger partial charge in [0.15, 0.2) is 11.9 Å². The Morgan fingerprint density at radius 2 is 1.85 bits per heavy atom. The van der Waals surface area contributed by atoms with Crippen molar-refractivity contribution in [1.29, 1.82) is 0 Å². The molecule has 3 fully saturated rings. The maximum Gasteiger partial charge on any atom is 0.338 e. The molecule has 33 heavy (non-hydrogen) atoms. The molecule has 3 aliphatic carbocycles. The predicted octanol–water partition coefficient (Wildman–Crippen LogP) is 3.83. The number of H-pyrrole nitrogens is 1. The zero-order chi connectivity index (χ0) is 23.3. The number of benzene rings is 1. The van der Waals surface area contributed by atoms with Gasteiger partial charge in [0.05, 0.1) is 0 Å². The van der Waals surface area contributed by atoms with Gasteiger partial charge in [-0.25, -0.2) is 4.79 Å². The van der Waals surface area contributed by atoms with Crippen LogP contribution in [0, 0.1) is 17.3 Å². The van der Waals surface area contributed by atoms with Crippen molar-refractivity contribution in [2.75, 3.05) is 0 Å². The van der Waals surface area contributed by atoms with E-state index in [2.05, 4.69) is 43.1 Å². The Kier molecular flexibility index (Phi) is 4.33. The second-order valence-corrected chi connectivity index (χ2v) is 11.6. The third kappa shape index (κ3) is 2.62. The standard InChI is InChI=1S/C27H33NO5/c1-25(2)23(21(30)24(31)33-25)32-19-11-12-26(3)17(20(19)29)10-9-14-13-16-15-7-5-6-8-18(15)28-22(16)27(14,26)4/h5-8,14,17,19,21,23,28,30H,9-13H2,1-4H3/t14-,17+,19-,21-,23-,26-,27+/m0/s1. The Bertz CT molecular complexity index is 1170. The molecule has 0 unspecified atom stereocenters. The molecule has 176 valence electrons. The minimum absolute atomic E-state index is 0.101. The summed E-state index contributed by atoms with van der Waals surface area (Å²) in [6.07, 6.45) is 1.62. The summed E-state index contributed by atoms with van der Waals surface area (Å²) >= 11 is 0. The van der Waals surface area contributed by atoms with Crippen molar-refractivity contribution in [2.24, 2.45) is 17.3 Å². The number of carbonyl (C=O) groups is 2. The molecule has 0 radical (unpaired) electrons. The van der Waals surface area contributed by atoms with E-state index in [1.165, 1.54) is 22.2 Å². The second kappa shape index (κ2) is 6.70. The molecule has 1 aromatic carbocycles. The first-order valence-electron chi connectivity index (χ1n) is 12.3. The molecule has 6 nitrogen and oxygen atoms in total. The fourth-order valence-corrected chi connectivity index (χ4v) is 7.82. The third-order valence-electron chi connectivity index (χ3n) is 9.83. The molecule has 1 aromatic heterocycles. The number of Topliss-reactive ketones (excluding diaryl/α,β-unsaturated/α-hetero) is 1. The van der Waals surface area contributed by atoms with E-state index in [-0.39, 0.29) is 22.5 Å². The molecule has 0 bridgehead atoms. The summed E-state index contributed by atoms with van der Waals surface area (Å²) in [6, 6.07) is 8.52. The normalized spacial score (nSPS) is 41.5. The van der Waals surface area contributed by atoms with Gasteiger partial charge in [-0.1, -0.05) is 32.0 Å². The van der Waals surface area contributed by atoms with Gasteiger partial charge in [0.2, 0.25) is 0 Å². The van der Waals surface area contributed by atoms with Crippen LogP contribution in [0.15, 0.2) is 24.3 Å². The van der Waals surface area contributed by atoms with E-state index in [4.69, 9.17) is 9.47 Å². The molecule has 2 saturated carbocycles. The summed E-state index contributed by atoms with van der Waals surface area (Å²) in [7, 11) is 0. The largest absolute Gasteiger partial charge is 0.455 e. The highest BCUT2D eigenvalue weighted by Crippen LogP contribution is 2.66. The highest BCUT2D eigenvalue weighted by molar-refractivity contribution is 5.89. The molecule has 2 N–H and O–H groups in total. The topological polar surface area (TPSA) is 88.6 Å². The molecular formula is C27H33NO5. The van der Waals surface area contributed by atoms with Gasteiger partial charge < -0.3 is 19.6 Å². The number of aliphatic hydroxyl groups excluding tert-OH is 1. The van der Waals surface area contributed by atoms with Gasteiger partial charge >= 0.3 is 5.97 Å². The van der Waals surface area contributed by atoms with Crippen molar-refractivity contribution >= 4 is 22.7 Å². The van der Waals surface area contributed by atoms with Crippen molar-refractivity contribution in [3.05, 3.63) is 35.5 Å². The smallest absolute Gasteiger partial charge is 0.338 e. The highest BCUT2D eigenvalue weighted by atomic mass is 16.6. The first kappa shape index (κ1) is 21.4. The number of ether oxygens (including phenoxy) is 2. The second-order valence-electron chi connectivity index (χ2n) is 11.6. The minimum atomic E-state index is -1.35. The van der Waals surface area contributed by atoms with Crippen molar-refractivity contribution < 1.29 is 24.2 Å². The molecule has 2 aromatic rings. The van der Waals surface area contributed by atoms with Crippen LogP contribution < -0.4 is 0 Å². The summed E-state index contributed by atoms with van der Waals surface area (Å²) < 4.78 is 11.5. The number of aromatic amines is 1. The Hall–Kier alpha value is -2.18. The van der Waals surface area contributed by atoms with Crippen LogP contribution in [0.25, 0.3) is 10.9 Å². The first-order valence-corrected chi connectivity index (χ1v) is 12.3. The van der Waals surface area contributed by atoms with Crippen molar-refractivity contribution in [3.8, 4) is 0 Å². The maximum absolute atomic E-state index is 13.8. The van der Waals surface area contributed by atoms with Gasteiger partial charge in [-0.3, -0.25) is 4.79 Å². The van der Waals surface area contributed by atoms with E-state index in [0.717, 1.165) is 25.7 Å². The molecule has 6 heteroatoms. The zero-order valence-corrected chi connectivity index (χ0v) is 19.8. The number of aliphatic hydroxyl groups is 1. The number of para-hydroxylation sites is 1. The summed E-state index contributed by atoms with van der Waals surface area (Å²) in [6.45, 7) is 8.13. The Morgan fingerprint density at radius 3 is 2.58 bits per heavy atom. The number of hydrogen-bond donors (Lipinski definition) is 2.